The van der Waals surface area contributed by atoms with E-state index >= 15 is 0 Å². The van der Waals surface area contributed by atoms with Crippen molar-refractivity contribution in [3.63, 3.8) is 0 Å². The minimum atomic E-state index is -5.74. The van der Waals surface area contributed by atoms with Crippen LogP contribution >= 0.6 is 0 Å². The minimum absolute atomic E-state index is 0.00217. The number of halogens is 6. The van der Waals surface area contributed by atoms with Crippen molar-refractivity contribution in [3.8, 4) is 0 Å². The number of rotatable bonds is 4. The van der Waals surface area contributed by atoms with Crippen LogP contribution in [0.2, 0.25) is 0 Å². The standard InChI is InChI=1S/C20H26F6O2/c1-17(2,3)11-14(18(4,5)6)12-7-9-13(10-8-12)15(27)28-16(19(21,22)23)20(24,25)26/h7-10,14,16H,11H2,1-6H3. The van der Waals surface area contributed by atoms with Crippen molar-refractivity contribution in [2.45, 2.75) is 72.3 Å². The first kappa shape index (κ1) is 24.3. The summed E-state index contributed by atoms with van der Waals surface area (Å²) in [4.78, 5) is 11.8. The lowest BCUT2D eigenvalue weighted by Crippen LogP contribution is -2.45. The van der Waals surface area contributed by atoms with Crippen molar-refractivity contribution < 1.29 is 35.9 Å². The summed E-state index contributed by atoms with van der Waals surface area (Å²) in [5.41, 5.74) is 0.350. The molecule has 8 heteroatoms. The number of esters is 1. The van der Waals surface area contributed by atoms with Crippen molar-refractivity contribution in [2.75, 3.05) is 0 Å². The smallest absolute Gasteiger partial charge is 0.434 e. The Kier molecular flexibility index (Phi) is 6.90. The molecule has 0 spiro atoms. The van der Waals surface area contributed by atoms with E-state index in [0.29, 0.717) is 0 Å². The second-order valence-electron chi connectivity index (χ2n) is 9.17. The summed E-state index contributed by atoms with van der Waals surface area (Å²) in [6.45, 7) is 12.4. The lowest BCUT2D eigenvalue weighted by atomic mass is 9.69. The maximum absolute atomic E-state index is 12.6. The molecule has 0 saturated carbocycles. The molecule has 1 rings (SSSR count). The van der Waals surface area contributed by atoms with E-state index in [9.17, 15) is 31.1 Å². The maximum atomic E-state index is 12.6. The van der Waals surface area contributed by atoms with Crippen molar-refractivity contribution in [1.29, 1.82) is 0 Å². The molecule has 0 N–H and O–H groups in total. The average molecular weight is 412 g/mol. The molecule has 0 aliphatic heterocycles. The van der Waals surface area contributed by atoms with Crippen LogP contribution in [0.5, 0.6) is 0 Å². The Hall–Kier alpha value is -1.73. The molecular weight excluding hydrogens is 386 g/mol. The van der Waals surface area contributed by atoms with Gasteiger partial charge in [0.2, 0.25) is 0 Å². The third-order valence-corrected chi connectivity index (χ3v) is 4.23. The van der Waals surface area contributed by atoms with E-state index in [0.717, 1.165) is 12.0 Å². The summed E-state index contributed by atoms with van der Waals surface area (Å²) < 4.78 is 79.0. The van der Waals surface area contributed by atoms with Gasteiger partial charge in [-0.1, -0.05) is 53.7 Å². The Morgan fingerprint density at radius 3 is 1.61 bits per heavy atom. The number of ether oxygens (including phenoxy) is 1. The summed E-state index contributed by atoms with van der Waals surface area (Å²) in [6, 6.07) is 5.49. The molecule has 0 bridgehead atoms. The first-order valence-electron chi connectivity index (χ1n) is 8.77. The highest BCUT2D eigenvalue weighted by molar-refractivity contribution is 5.89. The first-order valence-corrected chi connectivity index (χ1v) is 8.77. The zero-order valence-corrected chi connectivity index (χ0v) is 16.8. The van der Waals surface area contributed by atoms with Gasteiger partial charge in [0.15, 0.2) is 0 Å². The Bertz CT molecular complexity index is 646. The topological polar surface area (TPSA) is 26.3 Å². The number of carbonyl (C=O) groups excluding carboxylic acids is 1. The van der Waals surface area contributed by atoms with E-state index in [1.165, 1.54) is 12.1 Å². The summed E-state index contributed by atoms with van der Waals surface area (Å²) in [5, 5.41) is 0. The fourth-order valence-electron chi connectivity index (χ4n) is 2.88. The van der Waals surface area contributed by atoms with Crippen LogP contribution in [0.15, 0.2) is 24.3 Å². The number of benzene rings is 1. The zero-order valence-electron chi connectivity index (χ0n) is 16.8. The van der Waals surface area contributed by atoms with E-state index < -0.39 is 24.4 Å². The quantitative estimate of drug-likeness (QED) is 0.397. The van der Waals surface area contributed by atoms with Gasteiger partial charge in [-0.2, -0.15) is 26.3 Å². The Morgan fingerprint density at radius 1 is 0.857 bits per heavy atom. The van der Waals surface area contributed by atoms with E-state index in [-0.39, 0.29) is 22.3 Å². The Labute approximate surface area is 161 Å². The van der Waals surface area contributed by atoms with Gasteiger partial charge in [-0.25, -0.2) is 4.79 Å². The maximum Gasteiger partial charge on any atom is 0.434 e. The molecule has 0 aliphatic rings. The molecule has 0 aromatic heterocycles. The minimum Gasteiger partial charge on any atom is -0.439 e. The highest BCUT2D eigenvalue weighted by atomic mass is 19.4. The van der Waals surface area contributed by atoms with Crippen LogP contribution in [0.4, 0.5) is 26.3 Å². The second-order valence-corrected chi connectivity index (χ2v) is 9.17. The van der Waals surface area contributed by atoms with E-state index in [2.05, 4.69) is 25.5 Å². The lowest BCUT2D eigenvalue weighted by molar-refractivity contribution is -0.307. The summed E-state index contributed by atoms with van der Waals surface area (Å²) in [5.74, 6) is -1.59. The van der Waals surface area contributed by atoms with E-state index in [4.69, 9.17) is 0 Å². The van der Waals surface area contributed by atoms with Crippen molar-refractivity contribution in [3.05, 3.63) is 35.4 Å². The predicted molar refractivity (Wildman–Crippen MR) is 94.0 cm³/mol. The van der Waals surface area contributed by atoms with Gasteiger partial charge in [0.05, 0.1) is 5.56 Å². The largest absolute Gasteiger partial charge is 0.439 e. The van der Waals surface area contributed by atoms with Gasteiger partial charge < -0.3 is 4.74 Å². The Morgan fingerprint density at radius 2 is 1.29 bits per heavy atom. The van der Waals surface area contributed by atoms with Gasteiger partial charge in [0.1, 0.15) is 0 Å². The molecule has 0 radical (unpaired) electrons. The number of hydrogen-bond acceptors (Lipinski definition) is 2. The Balaban J connectivity index is 3.09. The highest BCUT2D eigenvalue weighted by Crippen LogP contribution is 2.43. The molecule has 28 heavy (non-hydrogen) atoms. The summed E-state index contributed by atoms with van der Waals surface area (Å²) in [7, 11) is 0. The molecule has 1 atom stereocenters. The third kappa shape index (κ3) is 7.02. The van der Waals surface area contributed by atoms with Crippen LogP contribution in [0, 0.1) is 10.8 Å². The summed E-state index contributed by atoms with van der Waals surface area (Å²) in [6.07, 6.45) is -14.8. The molecule has 1 unspecified atom stereocenters. The van der Waals surface area contributed by atoms with Crippen LogP contribution in [0.1, 0.15) is 69.8 Å². The molecule has 0 aliphatic carbocycles. The SMILES string of the molecule is CC(C)(C)CC(c1ccc(C(=O)OC(C(F)(F)F)C(F)(F)F)cc1)C(C)(C)C. The molecule has 0 saturated heterocycles. The lowest BCUT2D eigenvalue weighted by Gasteiger charge is -2.36. The number of carbonyl (C=O) groups is 1. The van der Waals surface area contributed by atoms with Crippen LogP contribution in [0.25, 0.3) is 0 Å². The fraction of sp³-hybridized carbons (Fsp3) is 0.650. The normalized spacial score (nSPS) is 14.9. The van der Waals surface area contributed by atoms with Crippen molar-refractivity contribution in [1.82, 2.24) is 0 Å². The number of alkyl halides is 6. The first-order chi connectivity index (χ1) is 12.3. The van der Waals surface area contributed by atoms with Crippen LogP contribution in [-0.4, -0.2) is 24.4 Å². The van der Waals surface area contributed by atoms with Crippen LogP contribution in [-0.2, 0) is 4.74 Å². The predicted octanol–water partition coefficient (Wildman–Crippen LogP) is 6.90. The van der Waals surface area contributed by atoms with Gasteiger partial charge in [0.25, 0.3) is 6.10 Å². The van der Waals surface area contributed by atoms with Gasteiger partial charge in [0, 0.05) is 0 Å². The van der Waals surface area contributed by atoms with Crippen LogP contribution < -0.4 is 0 Å². The third-order valence-electron chi connectivity index (χ3n) is 4.23. The molecule has 1 aromatic rings. The van der Waals surface area contributed by atoms with Gasteiger partial charge in [-0.3, -0.25) is 0 Å². The molecule has 1 aromatic carbocycles. The molecular formula is C20H26F6O2. The fourth-order valence-corrected chi connectivity index (χ4v) is 2.88. The van der Waals surface area contributed by atoms with Crippen LogP contribution in [0.3, 0.4) is 0 Å². The van der Waals surface area contributed by atoms with E-state index in [1.54, 1.807) is 12.1 Å². The van der Waals surface area contributed by atoms with Crippen molar-refractivity contribution >= 4 is 5.97 Å². The zero-order chi connectivity index (χ0) is 22.1. The molecule has 2 nitrogen and oxygen atoms in total. The highest BCUT2D eigenvalue weighted by Gasteiger charge is 2.59. The van der Waals surface area contributed by atoms with E-state index in [1.807, 2.05) is 20.8 Å². The van der Waals surface area contributed by atoms with Gasteiger partial charge in [-0.05, 0) is 40.9 Å². The summed E-state index contributed by atoms with van der Waals surface area (Å²) >= 11 is 0. The molecule has 0 fully saturated rings. The molecule has 0 heterocycles. The van der Waals surface area contributed by atoms with Crippen molar-refractivity contribution in [2.24, 2.45) is 10.8 Å². The number of hydrogen-bond donors (Lipinski definition) is 0. The molecule has 160 valence electrons. The second kappa shape index (κ2) is 7.95. The average Bonchev–Trinajstić information content (AvgIpc) is 2.46. The van der Waals surface area contributed by atoms with Gasteiger partial charge >= 0.3 is 18.3 Å². The monoisotopic (exact) mass is 412 g/mol. The van der Waals surface area contributed by atoms with Gasteiger partial charge in [-0.15, -0.1) is 0 Å². The molecule has 0 amide bonds.